The maximum absolute atomic E-state index is 12.0. The van der Waals surface area contributed by atoms with E-state index in [1.165, 1.54) is 6.92 Å². The number of carbonyl (C=O) groups excluding carboxylic acids is 1. The first-order chi connectivity index (χ1) is 16.7. The monoisotopic (exact) mass is 504 g/mol. The van der Waals surface area contributed by atoms with Gasteiger partial charge in [-0.05, 0) is 18.4 Å². The number of aliphatic hydroxyl groups excluding tert-OH is 4. The number of rotatable bonds is 18. The Morgan fingerprint density at radius 3 is 2.23 bits per heavy atom. The van der Waals surface area contributed by atoms with Crippen molar-refractivity contribution in [3.05, 3.63) is 10.4 Å². The number of ether oxygens (including phenoxy) is 2. The minimum absolute atomic E-state index is 0.0363. The zero-order valence-electron chi connectivity index (χ0n) is 20.3. The molecule has 1 aliphatic rings. The molecule has 13 heteroatoms. The molecule has 6 atom stereocenters. The van der Waals surface area contributed by atoms with Crippen LogP contribution in [0.3, 0.4) is 0 Å². The van der Waals surface area contributed by atoms with Crippen LogP contribution in [0, 0.1) is 0 Å². The van der Waals surface area contributed by atoms with Gasteiger partial charge in [-0.15, -0.1) is 0 Å². The van der Waals surface area contributed by atoms with Crippen LogP contribution >= 0.6 is 0 Å². The lowest BCUT2D eigenvalue weighted by atomic mass is 9.88. The van der Waals surface area contributed by atoms with Crippen molar-refractivity contribution < 1.29 is 44.6 Å². The summed E-state index contributed by atoms with van der Waals surface area (Å²) in [5.41, 5.74) is 8.22. The van der Waals surface area contributed by atoms with Crippen molar-refractivity contribution in [1.82, 2.24) is 5.32 Å². The highest BCUT2D eigenvalue weighted by atomic mass is 16.7. The fourth-order valence-electron chi connectivity index (χ4n) is 4.08. The number of carbonyl (C=O) groups is 2. The van der Waals surface area contributed by atoms with Crippen molar-refractivity contribution in [1.29, 1.82) is 0 Å². The van der Waals surface area contributed by atoms with Crippen LogP contribution in [0.2, 0.25) is 0 Å². The Kier molecular flexibility index (Phi) is 14.8. The molecule has 0 saturated carbocycles. The molecule has 202 valence electrons. The first-order valence-electron chi connectivity index (χ1n) is 12.2. The van der Waals surface area contributed by atoms with Gasteiger partial charge in [0.25, 0.3) is 5.79 Å². The molecule has 0 aromatic rings. The lowest BCUT2D eigenvalue weighted by Crippen LogP contribution is -2.67. The molecule has 0 bridgehead atoms. The number of azide groups is 1. The molecule has 13 nitrogen and oxygen atoms in total. The molecule has 1 fully saturated rings. The highest BCUT2D eigenvalue weighted by Crippen LogP contribution is 2.33. The maximum atomic E-state index is 12.0. The standard InChI is InChI=1S/C22H40N4O9/c1-15(28)25-18-16(29)13-22(21(32)33,35-20(18)19(31)17(30)14-27)34-12-10-8-6-4-2-3-5-7-9-11-24-26-23/h16-20,27,29-31H,2-14H2,1H3,(H,25,28)(H,32,33)/t16-,17+,18+,19+,20+,22+/m0/s1. The third-order valence-corrected chi connectivity index (χ3v) is 5.99. The average Bonchev–Trinajstić information content (AvgIpc) is 2.82. The Balaban J connectivity index is 2.53. The highest BCUT2D eigenvalue weighted by molar-refractivity contribution is 5.76. The van der Waals surface area contributed by atoms with Gasteiger partial charge in [0.05, 0.1) is 25.4 Å². The summed E-state index contributed by atoms with van der Waals surface area (Å²) in [5.74, 6) is -4.33. The van der Waals surface area contributed by atoms with Crippen molar-refractivity contribution in [2.24, 2.45) is 5.11 Å². The van der Waals surface area contributed by atoms with E-state index in [0.717, 1.165) is 51.4 Å². The molecule has 35 heavy (non-hydrogen) atoms. The highest BCUT2D eigenvalue weighted by Gasteiger charge is 2.55. The minimum atomic E-state index is -2.27. The first-order valence-corrected chi connectivity index (χ1v) is 12.2. The maximum Gasteiger partial charge on any atom is 0.364 e. The Labute approximate surface area is 205 Å². The topological polar surface area (TPSA) is 215 Å². The van der Waals surface area contributed by atoms with Crippen LogP contribution in [0.1, 0.15) is 71.1 Å². The summed E-state index contributed by atoms with van der Waals surface area (Å²) in [6, 6.07) is -1.21. The fourth-order valence-corrected chi connectivity index (χ4v) is 4.08. The number of hydrogen-bond donors (Lipinski definition) is 6. The van der Waals surface area contributed by atoms with Crippen LogP contribution in [0.25, 0.3) is 10.4 Å². The van der Waals surface area contributed by atoms with E-state index in [1.807, 2.05) is 0 Å². The quantitative estimate of drug-likeness (QED) is 0.0677. The summed E-state index contributed by atoms with van der Waals surface area (Å²) in [6.45, 7) is 0.917. The Morgan fingerprint density at radius 1 is 1.14 bits per heavy atom. The molecule has 0 unspecified atom stereocenters. The lowest BCUT2D eigenvalue weighted by Gasteiger charge is -2.46. The summed E-state index contributed by atoms with van der Waals surface area (Å²) in [6.07, 6.45) is 1.58. The van der Waals surface area contributed by atoms with E-state index in [4.69, 9.17) is 20.1 Å². The van der Waals surface area contributed by atoms with Crippen molar-refractivity contribution in [2.45, 2.75) is 107 Å². The van der Waals surface area contributed by atoms with Crippen LogP contribution in [0.15, 0.2) is 5.11 Å². The van der Waals surface area contributed by atoms with E-state index in [1.54, 1.807) is 0 Å². The van der Waals surface area contributed by atoms with Crippen LogP contribution in [-0.4, -0.2) is 93.4 Å². The molecule has 1 heterocycles. The Bertz CT molecular complexity index is 692. The number of nitrogens with one attached hydrogen (secondary N) is 1. The van der Waals surface area contributed by atoms with Crippen LogP contribution in [-0.2, 0) is 19.1 Å². The molecule has 1 saturated heterocycles. The van der Waals surface area contributed by atoms with Crippen molar-refractivity contribution in [3.8, 4) is 0 Å². The zero-order chi connectivity index (χ0) is 26.3. The fraction of sp³-hybridized carbons (Fsp3) is 0.909. The Hall–Kier alpha value is -1.99. The molecule has 1 rings (SSSR count). The van der Waals surface area contributed by atoms with Gasteiger partial charge in [0.15, 0.2) is 0 Å². The number of amides is 1. The molecule has 0 aliphatic carbocycles. The third-order valence-electron chi connectivity index (χ3n) is 5.99. The number of nitrogens with zero attached hydrogens (tertiary/aromatic N) is 3. The van der Waals surface area contributed by atoms with E-state index >= 15 is 0 Å². The molecule has 0 aromatic heterocycles. The van der Waals surface area contributed by atoms with Gasteiger partial charge < -0.3 is 40.3 Å². The van der Waals surface area contributed by atoms with Gasteiger partial charge in [0.1, 0.15) is 18.3 Å². The second kappa shape index (κ2) is 16.6. The van der Waals surface area contributed by atoms with Crippen LogP contribution in [0.4, 0.5) is 0 Å². The van der Waals surface area contributed by atoms with Gasteiger partial charge in [-0.2, -0.15) is 0 Å². The number of aliphatic hydroxyl groups is 4. The molecule has 1 amide bonds. The van der Waals surface area contributed by atoms with E-state index in [9.17, 15) is 30.0 Å². The van der Waals surface area contributed by atoms with Gasteiger partial charge in [0.2, 0.25) is 5.91 Å². The molecule has 1 aliphatic heterocycles. The smallest absolute Gasteiger partial charge is 0.364 e. The number of hydrogen-bond acceptors (Lipinski definition) is 9. The predicted octanol–water partition coefficient (Wildman–Crippen LogP) is 0.974. The van der Waals surface area contributed by atoms with Crippen molar-refractivity contribution in [2.75, 3.05) is 19.8 Å². The lowest BCUT2D eigenvalue weighted by molar-refractivity contribution is -0.311. The van der Waals surface area contributed by atoms with E-state index < -0.39 is 61.1 Å². The number of unbranched alkanes of at least 4 members (excludes halogenated alkanes) is 8. The summed E-state index contributed by atoms with van der Waals surface area (Å²) in [5, 5.41) is 55.7. The van der Waals surface area contributed by atoms with E-state index in [-0.39, 0.29) is 6.61 Å². The van der Waals surface area contributed by atoms with Crippen molar-refractivity contribution in [3.63, 3.8) is 0 Å². The van der Waals surface area contributed by atoms with Gasteiger partial charge in [-0.3, -0.25) is 4.79 Å². The van der Waals surface area contributed by atoms with E-state index in [2.05, 4.69) is 15.3 Å². The van der Waals surface area contributed by atoms with Gasteiger partial charge in [0, 0.05) is 24.8 Å². The summed E-state index contributed by atoms with van der Waals surface area (Å²) in [7, 11) is 0. The number of aliphatic carboxylic acids is 1. The molecule has 0 aromatic carbocycles. The van der Waals surface area contributed by atoms with E-state index in [0.29, 0.717) is 13.0 Å². The molecule has 0 spiro atoms. The third kappa shape index (κ3) is 10.7. The second-order valence-corrected chi connectivity index (χ2v) is 8.86. The van der Waals surface area contributed by atoms with Crippen molar-refractivity contribution >= 4 is 11.9 Å². The van der Waals surface area contributed by atoms with Gasteiger partial charge in [-0.1, -0.05) is 50.1 Å². The summed E-state index contributed by atoms with van der Waals surface area (Å²) >= 11 is 0. The molecule has 6 N–H and O–H groups in total. The Morgan fingerprint density at radius 2 is 1.71 bits per heavy atom. The zero-order valence-corrected chi connectivity index (χ0v) is 20.3. The normalized spacial score (nSPS) is 25.9. The van der Waals surface area contributed by atoms with Gasteiger partial charge >= 0.3 is 5.97 Å². The second-order valence-electron chi connectivity index (χ2n) is 8.86. The molecular formula is C22H40N4O9. The minimum Gasteiger partial charge on any atom is -0.477 e. The largest absolute Gasteiger partial charge is 0.477 e. The summed E-state index contributed by atoms with van der Waals surface area (Å²) in [4.78, 5) is 26.3. The average molecular weight is 505 g/mol. The number of carboxylic acids is 1. The predicted molar refractivity (Wildman–Crippen MR) is 124 cm³/mol. The van der Waals surface area contributed by atoms with Crippen LogP contribution < -0.4 is 5.32 Å². The SMILES string of the molecule is CC(=O)N[C@H]1[C@H]([C@H](O)[C@H](O)CO)O[C@@](OCCCCCCCCCCCN=[N+]=[N-])(C(=O)O)C[C@@H]1O. The summed E-state index contributed by atoms with van der Waals surface area (Å²) < 4.78 is 11.1. The molecule has 0 radical (unpaired) electrons. The first kappa shape index (κ1) is 31.0. The van der Waals surface area contributed by atoms with Crippen LogP contribution in [0.5, 0.6) is 0 Å². The molecular weight excluding hydrogens is 464 g/mol. The number of carboxylic acid groups (broad SMARTS) is 1. The van der Waals surface area contributed by atoms with Gasteiger partial charge in [-0.25, -0.2) is 4.79 Å².